The second kappa shape index (κ2) is 6.80. The van der Waals surface area contributed by atoms with E-state index < -0.39 is 28.7 Å². The SMILES string of the molecule is C=C[C@H]1CN2CC[C@]3(C(=O)Nc4ccccc43)[C@@H]2C[C@@H]1C(=O)C(=O)OC(C)(C)C. The van der Waals surface area contributed by atoms with E-state index in [0.717, 1.165) is 17.8 Å². The van der Waals surface area contributed by atoms with Gasteiger partial charge >= 0.3 is 5.97 Å². The summed E-state index contributed by atoms with van der Waals surface area (Å²) in [5.41, 5.74) is 0.448. The quantitative estimate of drug-likeness (QED) is 0.483. The molecule has 2 fully saturated rings. The van der Waals surface area contributed by atoms with Gasteiger partial charge in [-0.2, -0.15) is 0 Å². The van der Waals surface area contributed by atoms with Crippen molar-refractivity contribution in [3.63, 3.8) is 0 Å². The molecule has 1 N–H and O–H groups in total. The number of nitrogens with zero attached hydrogens (tertiary/aromatic N) is 1. The lowest BCUT2D eigenvalue weighted by Gasteiger charge is -2.43. The molecule has 1 aromatic rings. The number of esters is 1. The standard InChI is InChI=1S/C23H28N2O4/c1-5-14-13-25-11-10-23(16-8-6-7-9-17(16)24-21(23)28)18(25)12-15(14)19(26)20(27)29-22(2,3)4/h5-9,14-15,18H,1,10-13H2,2-4H3,(H,24,28)/t14-,15-,18-,23+/m0/s1. The molecule has 1 aromatic carbocycles. The first kappa shape index (κ1) is 19.8. The minimum absolute atomic E-state index is 0.00767. The van der Waals surface area contributed by atoms with Crippen LogP contribution < -0.4 is 5.32 Å². The molecule has 3 heterocycles. The van der Waals surface area contributed by atoms with Crippen molar-refractivity contribution in [2.24, 2.45) is 11.8 Å². The van der Waals surface area contributed by atoms with E-state index in [4.69, 9.17) is 4.74 Å². The molecule has 0 saturated carbocycles. The lowest BCUT2D eigenvalue weighted by Crippen LogP contribution is -2.55. The molecule has 0 aliphatic carbocycles. The van der Waals surface area contributed by atoms with Crippen molar-refractivity contribution >= 4 is 23.3 Å². The molecule has 6 nitrogen and oxygen atoms in total. The summed E-state index contributed by atoms with van der Waals surface area (Å²) in [6, 6.07) is 7.65. The fraction of sp³-hybridized carbons (Fsp3) is 0.522. The molecule has 0 radical (unpaired) electrons. The lowest BCUT2D eigenvalue weighted by atomic mass is 9.68. The summed E-state index contributed by atoms with van der Waals surface area (Å²) >= 11 is 0. The average Bonchev–Trinajstić information content (AvgIpc) is 3.18. The largest absolute Gasteiger partial charge is 0.454 e. The van der Waals surface area contributed by atoms with Crippen LogP contribution in [-0.2, 0) is 24.5 Å². The van der Waals surface area contributed by atoms with Crippen LogP contribution in [-0.4, -0.2) is 47.3 Å². The average molecular weight is 396 g/mol. The molecular formula is C23H28N2O4. The number of nitrogens with one attached hydrogen (secondary N) is 1. The summed E-state index contributed by atoms with van der Waals surface area (Å²) in [5.74, 6) is -1.99. The molecule has 1 spiro atoms. The molecule has 4 atom stereocenters. The molecule has 29 heavy (non-hydrogen) atoms. The van der Waals surface area contributed by atoms with Crippen LogP contribution in [0.4, 0.5) is 5.69 Å². The number of hydrogen-bond donors (Lipinski definition) is 1. The fourth-order valence-corrected chi connectivity index (χ4v) is 5.27. The smallest absolute Gasteiger partial charge is 0.375 e. The molecule has 154 valence electrons. The zero-order valence-corrected chi connectivity index (χ0v) is 17.2. The van der Waals surface area contributed by atoms with E-state index in [1.54, 1.807) is 26.8 Å². The Balaban J connectivity index is 1.66. The Kier molecular flexibility index (Phi) is 4.65. The monoisotopic (exact) mass is 396 g/mol. The predicted octanol–water partition coefficient (Wildman–Crippen LogP) is 2.68. The first-order chi connectivity index (χ1) is 13.7. The number of carbonyl (C=O) groups excluding carboxylic acids is 3. The first-order valence-corrected chi connectivity index (χ1v) is 10.2. The second-order valence-corrected chi connectivity index (χ2v) is 9.34. The Morgan fingerprint density at radius 2 is 2.03 bits per heavy atom. The lowest BCUT2D eigenvalue weighted by molar-refractivity contribution is -0.165. The number of piperidine rings is 1. The maximum atomic E-state index is 13.1. The van der Waals surface area contributed by atoms with Crippen molar-refractivity contribution in [3.8, 4) is 0 Å². The van der Waals surface area contributed by atoms with E-state index in [9.17, 15) is 14.4 Å². The molecule has 1 amide bonds. The van der Waals surface area contributed by atoms with Crippen LogP contribution in [0.1, 0.15) is 39.2 Å². The highest BCUT2D eigenvalue weighted by Crippen LogP contribution is 2.52. The van der Waals surface area contributed by atoms with E-state index >= 15 is 0 Å². The van der Waals surface area contributed by atoms with Crippen LogP contribution >= 0.6 is 0 Å². The van der Waals surface area contributed by atoms with Gasteiger partial charge in [-0.15, -0.1) is 6.58 Å². The molecule has 0 aromatic heterocycles. The van der Waals surface area contributed by atoms with Crippen LogP contribution in [0.5, 0.6) is 0 Å². The van der Waals surface area contributed by atoms with Gasteiger partial charge in [-0.25, -0.2) is 4.79 Å². The van der Waals surface area contributed by atoms with Crippen molar-refractivity contribution in [3.05, 3.63) is 42.5 Å². The number of ether oxygens (including phenoxy) is 1. The highest BCUT2D eigenvalue weighted by Gasteiger charge is 2.60. The van der Waals surface area contributed by atoms with Crippen LogP contribution in [0.15, 0.2) is 36.9 Å². The number of para-hydroxylation sites is 1. The predicted molar refractivity (Wildman–Crippen MR) is 109 cm³/mol. The minimum atomic E-state index is -0.800. The van der Waals surface area contributed by atoms with Gasteiger partial charge in [-0.3, -0.25) is 14.5 Å². The third-order valence-corrected chi connectivity index (χ3v) is 6.54. The number of benzene rings is 1. The fourth-order valence-electron chi connectivity index (χ4n) is 5.27. The van der Waals surface area contributed by atoms with Gasteiger partial charge in [0.1, 0.15) is 5.60 Å². The van der Waals surface area contributed by atoms with Gasteiger partial charge in [0, 0.05) is 24.2 Å². The Hall–Kier alpha value is -2.47. The van der Waals surface area contributed by atoms with Gasteiger partial charge in [0.15, 0.2) is 0 Å². The van der Waals surface area contributed by atoms with Gasteiger partial charge in [-0.1, -0.05) is 24.3 Å². The molecular weight excluding hydrogens is 368 g/mol. The number of Topliss-reactive ketones (excluding diaryl/α,β-unsaturated/α-hetero) is 1. The third-order valence-electron chi connectivity index (χ3n) is 6.54. The van der Waals surface area contributed by atoms with Gasteiger partial charge in [-0.05, 0) is 57.7 Å². The van der Waals surface area contributed by atoms with Gasteiger partial charge in [0.2, 0.25) is 11.7 Å². The first-order valence-electron chi connectivity index (χ1n) is 10.2. The van der Waals surface area contributed by atoms with Crippen molar-refractivity contribution in [1.82, 2.24) is 4.90 Å². The van der Waals surface area contributed by atoms with Crippen LogP contribution in [0.25, 0.3) is 0 Å². The molecule has 2 saturated heterocycles. The molecule has 0 bridgehead atoms. The number of anilines is 1. The molecule has 3 aliphatic heterocycles. The number of rotatable bonds is 3. The minimum Gasteiger partial charge on any atom is -0.454 e. The van der Waals surface area contributed by atoms with E-state index in [2.05, 4.69) is 16.8 Å². The summed E-state index contributed by atoms with van der Waals surface area (Å²) in [7, 11) is 0. The summed E-state index contributed by atoms with van der Waals surface area (Å²) in [5, 5.41) is 3.02. The highest BCUT2D eigenvalue weighted by molar-refractivity contribution is 6.34. The highest BCUT2D eigenvalue weighted by atomic mass is 16.6. The zero-order valence-electron chi connectivity index (χ0n) is 17.2. The number of ketones is 1. The Labute approximate surface area is 171 Å². The van der Waals surface area contributed by atoms with E-state index in [0.29, 0.717) is 19.4 Å². The maximum absolute atomic E-state index is 13.1. The van der Waals surface area contributed by atoms with Gasteiger partial charge in [0.25, 0.3) is 0 Å². The number of hydrogen-bond acceptors (Lipinski definition) is 5. The third kappa shape index (κ3) is 3.10. The van der Waals surface area contributed by atoms with E-state index in [1.165, 1.54) is 0 Å². The van der Waals surface area contributed by atoms with Crippen LogP contribution in [0.3, 0.4) is 0 Å². The number of fused-ring (bicyclic) bond motifs is 4. The van der Waals surface area contributed by atoms with E-state index in [1.807, 2.05) is 24.3 Å². The number of amides is 1. The van der Waals surface area contributed by atoms with Crippen molar-refractivity contribution < 1.29 is 19.1 Å². The number of carbonyl (C=O) groups is 3. The summed E-state index contributed by atoms with van der Waals surface area (Å²) < 4.78 is 5.34. The summed E-state index contributed by atoms with van der Waals surface area (Å²) in [6.07, 6.45) is 2.91. The van der Waals surface area contributed by atoms with Crippen molar-refractivity contribution in [2.45, 2.75) is 50.7 Å². The Morgan fingerprint density at radius 1 is 1.31 bits per heavy atom. The van der Waals surface area contributed by atoms with Crippen LogP contribution in [0.2, 0.25) is 0 Å². The Bertz CT molecular complexity index is 887. The summed E-state index contributed by atoms with van der Waals surface area (Å²) in [4.78, 5) is 40.9. The van der Waals surface area contributed by atoms with E-state index in [-0.39, 0.29) is 17.9 Å². The Morgan fingerprint density at radius 3 is 2.72 bits per heavy atom. The van der Waals surface area contributed by atoms with Crippen molar-refractivity contribution in [2.75, 3.05) is 18.4 Å². The molecule has 6 heteroatoms. The second-order valence-electron chi connectivity index (χ2n) is 9.34. The maximum Gasteiger partial charge on any atom is 0.375 e. The van der Waals surface area contributed by atoms with Gasteiger partial charge < -0.3 is 10.1 Å². The normalized spacial score (nSPS) is 31.1. The molecule has 4 rings (SSSR count). The van der Waals surface area contributed by atoms with Crippen molar-refractivity contribution in [1.29, 1.82) is 0 Å². The summed E-state index contributed by atoms with van der Waals surface area (Å²) in [6.45, 7) is 10.5. The van der Waals surface area contributed by atoms with Gasteiger partial charge in [0.05, 0.1) is 5.41 Å². The molecule has 3 aliphatic rings. The molecule has 0 unspecified atom stereocenters. The van der Waals surface area contributed by atoms with Crippen LogP contribution in [0, 0.1) is 11.8 Å². The zero-order chi connectivity index (χ0) is 21.0. The topological polar surface area (TPSA) is 75.7 Å².